The van der Waals surface area contributed by atoms with E-state index in [-0.39, 0.29) is 11.2 Å². The van der Waals surface area contributed by atoms with Crippen LogP contribution in [0, 0.1) is 0 Å². The summed E-state index contributed by atoms with van der Waals surface area (Å²) in [6.45, 7) is 1.34. The van der Waals surface area contributed by atoms with Gasteiger partial charge in [-0.05, 0) is 41.8 Å². The molecule has 0 aromatic heterocycles. The van der Waals surface area contributed by atoms with E-state index in [0.29, 0.717) is 46.3 Å². The number of thiocarbonyl (C=S) groups is 1. The molecule has 2 aromatic carbocycles. The summed E-state index contributed by atoms with van der Waals surface area (Å²) in [6.07, 6.45) is 0.560. The van der Waals surface area contributed by atoms with E-state index >= 15 is 0 Å². The SMILES string of the molecule is COCCN1C(=O)[C@@H](Cc2ccc(OCc3ccc(Cl)cc3)c(Cl)c2)SC1=S. The fourth-order valence-corrected chi connectivity index (χ4v) is 4.73. The number of amides is 1. The number of hydrogen-bond donors (Lipinski definition) is 0. The van der Waals surface area contributed by atoms with Gasteiger partial charge in [-0.2, -0.15) is 0 Å². The summed E-state index contributed by atoms with van der Waals surface area (Å²) in [5.41, 5.74) is 1.97. The monoisotopic (exact) mass is 455 g/mol. The van der Waals surface area contributed by atoms with Gasteiger partial charge in [0.25, 0.3) is 0 Å². The van der Waals surface area contributed by atoms with E-state index in [1.165, 1.54) is 11.8 Å². The number of benzene rings is 2. The first kappa shape index (κ1) is 21.4. The highest BCUT2D eigenvalue weighted by Gasteiger charge is 2.36. The Morgan fingerprint density at radius 2 is 1.86 bits per heavy atom. The van der Waals surface area contributed by atoms with E-state index in [2.05, 4.69) is 0 Å². The van der Waals surface area contributed by atoms with E-state index < -0.39 is 0 Å². The average Bonchev–Trinajstić information content (AvgIpc) is 2.94. The Labute approximate surface area is 184 Å². The molecular weight excluding hydrogens is 437 g/mol. The topological polar surface area (TPSA) is 38.8 Å². The molecule has 0 saturated carbocycles. The smallest absolute Gasteiger partial charge is 0.242 e. The number of halogens is 2. The summed E-state index contributed by atoms with van der Waals surface area (Å²) >= 11 is 19.0. The predicted octanol–water partition coefficient (Wildman–Crippen LogP) is 4.99. The molecule has 0 unspecified atom stereocenters. The van der Waals surface area contributed by atoms with Crippen molar-refractivity contribution >= 4 is 57.4 Å². The summed E-state index contributed by atoms with van der Waals surface area (Å²) < 4.78 is 11.4. The summed E-state index contributed by atoms with van der Waals surface area (Å²) in [7, 11) is 1.60. The third kappa shape index (κ3) is 5.39. The molecule has 8 heteroatoms. The van der Waals surface area contributed by atoms with Crippen LogP contribution in [0.4, 0.5) is 0 Å². The standard InChI is InChI=1S/C20H19Cl2NO3S2/c1-25-9-8-23-19(24)18(28-20(23)27)11-14-4-7-17(16(22)10-14)26-12-13-2-5-15(21)6-3-13/h2-7,10,18H,8-9,11-12H2,1H3/t18-/m1/s1. The minimum absolute atomic E-state index is 0.0197. The number of carbonyl (C=O) groups excluding carboxylic acids is 1. The Morgan fingerprint density at radius 1 is 1.14 bits per heavy atom. The molecule has 1 saturated heterocycles. The van der Waals surface area contributed by atoms with Crippen molar-refractivity contribution in [1.29, 1.82) is 0 Å². The largest absolute Gasteiger partial charge is 0.487 e. The molecule has 1 aliphatic heterocycles. The van der Waals surface area contributed by atoms with Crippen LogP contribution in [0.2, 0.25) is 10.0 Å². The highest BCUT2D eigenvalue weighted by molar-refractivity contribution is 8.24. The van der Waals surface area contributed by atoms with Gasteiger partial charge in [0, 0.05) is 12.1 Å². The molecule has 3 rings (SSSR count). The molecular formula is C20H19Cl2NO3S2. The second kappa shape index (κ2) is 9.94. The van der Waals surface area contributed by atoms with Crippen molar-refractivity contribution < 1.29 is 14.3 Å². The maximum atomic E-state index is 12.6. The van der Waals surface area contributed by atoms with Crippen LogP contribution in [0.1, 0.15) is 11.1 Å². The molecule has 4 nitrogen and oxygen atoms in total. The van der Waals surface area contributed by atoms with Crippen molar-refractivity contribution in [2.75, 3.05) is 20.3 Å². The number of hydrogen-bond acceptors (Lipinski definition) is 5. The van der Waals surface area contributed by atoms with Gasteiger partial charge in [0.05, 0.1) is 23.4 Å². The van der Waals surface area contributed by atoms with Gasteiger partial charge in [-0.3, -0.25) is 9.69 Å². The van der Waals surface area contributed by atoms with E-state index in [9.17, 15) is 4.79 Å². The highest BCUT2D eigenvalue weighted by atomic mass is 35.5. The van der Waals surface area contributed by atoms with Gasteiger partial charge in [0.2, 0.25) is 5.91 Å². The second-order valence-electron chi connectivity index (χ2n) is 6.24. The molecule has 0 radical (unpaired) electrons. The van der Waals surface area contributed by atoms with Crippen LogP contribution in [-0.2, 0) is 22.6 Å². The van der Waals surface area contributed by atoms with E-state index in [1.807, 2.05) is 42.5 Å². The zero-order chi connectivity index (χ0) is 20.1. The Kier molecular flexibility index (Phi) is 7.60. The Bertz CT molecular complexity index is 861. The molecule has 0 bridgehead atoms. The zero-order valence-electron chi connectivity index (χ0n) is 15.2. The summed E-state index contributed by atoms with van der Waals surface area (Å²) in [5.74, 6) is 0.620. The van der Waals surface area contributed by atoms with Gasteiger partial charge in [-0.1, -0.05) is 65.4 Å². The number of carbonyl (C=O) groups is 1. The molecule has 0 aliphatic carbocycles. The quantitative estimate of drug-likeness (QED) is 0.524. The van der Waals surface area contributed by atoms with Crippen LogP contribution in [0.3, 0.4) is 0 Å². The molecule has 1 fully saturated rings. The Hall–Kier alpha value is -1.31. The number of ether oxygens (including phenoxy) is 2. The Balaban J connectivity index is 1.60. The summed E-state index contributed by atoms with van der Waals surface area (Å²) in [4.78, 5) is 14.2. The zero-order valence-corrected chi connectivity index (χ0v) is 18.3. The van der Waals surface area contributed by atoms with Crippen molar-refractivity contribution in [3.05, 3.63) is 63.6 Å². The lowest BCUT2D eigenvalue weighted by atomic mass is 10.1. The highest BCUT2D eigenvalue weighted by Crippen LogP contribution is 2.32. The summed E-state index contributed by atoms with van der Waals surface area (Å²) in [5, 5.41) is 0.965. The number of nitrogens with zero attached hydrogens (tertiary/aromatic N) is 1. The third-order valence-corrected chi connectivity index (χ3v) is 6.38. The molecule has 148 valence electrons. The van der Waals surface area contributed by atoms with E-state index in [0.717, 1.165) is 11.1 Å². The van der Waals surface area contributed by atoms with Crippen LogP contribution in [0.15, 0.2) is 42.5 Å². The van der Waals surface area contributed by atoms with Crippen molar-refractivity contribution in [1.82, 2.24) is 4.90 Å². The minimum Gasteiger partial charge on any atom is -0.487 e. The van der Waals surface area contributed by atoms with Gasteiger partial charge in [0.1, 0.15) is 16.7 Å². The lowest BCUT2D eigenvalue weighted by molar-refractivity contribution is -0.126. The van der Waals surface area contributed by atoms with Crippen LogP contribution in [0.5, 0.6) is 5.75 Å². The fraction of sp³-hybridized carbons (Fsp3) is 0.300. The van der Waals surface area contributed by atoms with Crippen molar-refractivity contribution in [2.45, 2.75) is 18.3 Å². The van der Waals surface area contributed by atoms with Crippen LogP contribution < -0.4 is 4.74 Å². The lowest BCUT2D eigenvalue weighted by Crippen LogP contribution is -2.34. The Morgan fingerprint density at radius 3 is 2.54 bits per heavy atom. The van der Waals surface area contributed by atoms with Crippen LogP contribution in [-0.4, -0.2) is 40.6 Å². The third-order valence-electron chi connectivity index (χ3n) is 4.25. The van der Waals surface area contributed by atoms with Gasteiger partial charge < -0.3 is 9.47 Å². The first-order valence-corrected chi connectivity index (χ1v) is 10.7. The molecule has 0 N–H and O–H groups in total. The fourth-order valence-electron chi connectivity index (χ4n) is 2.76. The molecule has 1 atom stereocenters. The normalized spacial score (nSPS) is 16.7. The molecule has 1 aliphatic rings. The molecule has 1 heterocycles. The molecule has 1 amide bonds. The minimum atomic E-state index is -0.235. The maximum absolute atomic E-state index is 12.6. The maximum Gasteiger partial charge on any atom is 0.242 e. The molecule has 2 aromatic rings. The number of methoxy groups -OCH3 is 1. The van der Waals surface area contributed by atoms with Crippen molar-refractivity contribution in [2.24, 2.45) is 0 Å². The number of rotatable bonds is 8. The van der Waals surface area contributed by atoms with Crippen LogP contribution in [0.25, 0.3) is 0 Å². The second-order valence-corrected chi connectivity index (χ2v) is 8.92. The van der Waals surface area contributed by atoms with Crippen LogP contribution >= 0.6 is 47.2 Å². The molecule has 28 heavy (non-hydrogen) atoms. The van der Waals surface area contributed by atoms with Crippen molar-refractivity contribution in [3.63, 3.8) is 0 Å². The number of thioether (sulfide) groups is 1. The predicted molar refractivity (Wildman–Crippen MR) is 119 cm³/mol. The molecule has 0 spiro atoms. The van der Waals surface area contributed by atoms with Gasteiger partial charge in [-0.25, -0.2) is 0 Å². The van der Waals surface area contributed by atoms with Gasteiger partial charge >= 0.3 is 0 Å². The lowest BCUT2D eigenvalue weighted by Gasteiger charge is -2.15. The first-order valence-electron chi connectivity index (χ1n) is 8.64. The van der Waals surface area contributed by atoms with Crippen molar-refractivity contribution in [3.8, 4) is 5.75 Å². The van der Waals surface area contributed by atoms with Gasteiger partial charge in [0.15, 0.2) is 0 Å². The summed E-state index contributed by atoms with van der Waals surface area (Å²) in [6, 6.07) is 13.1. The first-order chi connectivity index (χ1) is 13.5. The van der Waals surface area contributed by atoms with E-state index in [1.54, 1.807) is 12.0 Å². The average molecular weight is 456 g/mol. The van der Waals surface area contributed by atoms with Gasteiger partial charge in [-0.15, -0.1) is 0 Å². The van der Waals surface area contributed by atoms with E-state index in [4.69, 9.17) is 44.9 Å².